The molecule has 0 bridgehead atoms. The topological polar surface area (TPSA) is 66.4 Å². The van der Waals surface area contributed by atoms with Gasteiger partial charge in [0.15, 0.2) is 0 Å². The van der Waals surface area contributed by atoms with E-state index in [4.69, 9.17) is 5.11 Å². The summed E-state index contributed by atoms with van der Waals surface area (Å²) in [5.74, 6) is -0.896. The van der Waals surface area contributed by atoms with Gasteiger partial charge in [0.25, 0.3) is 0 Å². The Morgan fingerprint density at radius 2 is 1.33 bits per heavy atom. The average Bonchev–Trinajstić information content (AvgIpc) is 2.36. The van der Waals surface area contributed by atoms with Crippen molar-refractivity contribution < 1.29 is 14.7 Å². The van der Waals surface area contributed by atoms with E-state index in [-0.39, 0.29) is 99.8 Å². The molecule has 0 unspecified atom stereocenters. The summed E-state index contributed by atoms with van der Waals surface area (Å²) in [4.78, 5) is 21.6. The molecule has 0 atom stereocenters. The second-order valence-corrected chi connectivity index (χ2v) is 5.07. The number of hydrogen-bond acceptors (Lipinski definition) is 2. The zero-order chi connectivity index (χ0) is 14.3. The van der Waals surface area contributed by atoms with Crippen molar-refractivity contribution in [3.63, 3.8) is 0 Å². The van der Waals surface area contributed by atoms with Crippen LogP contribution in [-0.2, 0) is 9.59 Å². The van der Waals surface area contributed by atoms with Gasteiger partial charge in [-0.3, -0.25) is 9.59 Å². The van der Waals surface area contributed by atoms with E-state index in [9.17, 15) is 9.59 Å². The molecule has 0 aliphatic heterocycles. The van der Waals surface area contributed by atoms with Gasteiger partial charge in [-0.05, 0) is 6.42 Å². The minimum atomic E-state index is -0.872. The zero-order valence-electron chi connectivity index (χ0n) is 12.2. The maximum atomic E-state index is 11.3. The molecule has 1 amide bonds. The molecule has 116 valence electrons. The Kier molecular flexibility index (Phi) is 28.2. The van der Waals surface area contributed by atoms with Gasteiger partial charge in [0.2, 0.25) is 5.91 Å². The second kappa shape index (κ2) is 21.6. The monoisotopic (exact) mass is 335 g/mol. The number of carboxylic acid groups (broad SMARTS) is 1. The summed E-state index contributed by atoms with van der Waals surface area (Å²) in [5, 5.41) is 11.0. The molecule has 0 saturated carbocycles. The fraction of sp³-hybridized carbons (Fsp3) is 0.867. The molecule has 0 fully saturated rings. The quantitative estimate of drug-likeness (QED) is 0.400. The van der Waals surface area contributed by atoms with Crippen LogP contribution in [0, 0.1) is 0 Å². The Hall–Kier alpha value is 1.58. The number of unbranched alkanes of at least 4 members (excludes halogenated alkanes) is 8. The molecule has 0 aliphatic rings. The number of carbonyl (C=O) groups is 2. The summed E-state index contributed by atoms with van der Waals surface area (Å²) < 4.78 is 0. The minimum absolute atomic E-state index is 0. The number of aliphatic carboxylic acids is 1. The van der Waals surface area contributed by atoms with Crippen molar-refractivity contribution in [2.24, 2.45) is 0 Å². The third kappa shape index (κ3) is 24.0. The van der Waals surface area contributed by atoms with Crippen LogP contribution >= 0.6 is 0 Å². The van der Waals surface area contributed by atoms with Gasteiger partial charge < -0.3 is 10.4 Å². The van der Waals surface area contributed by atoms with Gasteiger partial charge in [0.1, 0.15) is 0 Å². The number of carbonyl (C=O) groups excluding carboxylic acids is 1. The van der Waals surface area contributed by atoms with Crippen LogP contribution in [0.3, 0.4) is 0 Å². The van der Waals surface area contributed by atoms with Gasteiger partial charge in [0.05, 0.1) is 6.42 Å². The van der Waals surface area contributed by atoms with Gasteiger partial charge in [-0.2, -0.15) is 0 Å². The van der Waals surface area contributed by atoms with Gasteiger partial charge >= 0.3 is 86.9 Å². The van der Waals surface area contributed by atoms with Crippen LogP contribution in [0.15, 0.2) is 0 Å². The van der Waals surface area contributed by atoms with E-state index in [1.807, 2.05) is 0 Å². The van der Waals surface area contributed by atoms with Crippen LogP contribution in [-0.4, -0.2) is 104 Å². The first-order valence-corrected chi connectivity index (χ1v) is 7.65. The summed E-state index contributed by atoms with van der Waals surface area (Å²) in [5.41, 5.74) is 0. The first kappa shape index (κ1) is 27.4. The fourth-order valence-electron chi connectivity index (χ4n) is 1.99. The van der Waals surface area contributed by atoms with Gasteiger partial charge in [-0.25, -0.2) is 0 Å². The summed E-state index contributed by atoms with van der Waals surface area (Å²) in [6, 6.07) is 0. The Balaban J connectivity index is -0.00000162. The molecule has 0 aromatic heterocycles. The molecule has 0 heterocycles. The molecule has 0 radical (unpaired) electrons. The summed E-state index contributed by atoms with van der Waals surface area (Å²) in [7, 11) is 0. The van der Waals surface area contributed by atoms with Crippen molar-refractivity contribution in [2.75, 3.05) is 6.54 Å². The standard InChI is InChI=1S/C15H29NO3.K.Na.2H/c1-2-3-4-5-6-7-8-9-10-11-14(17)16-13-12-15(18)19;;;;/h2-13H2,1H3,(H,16,17)(H,18,19);;;;. The first-order valence-electron chi connectivity index (χ1n) is 7.65. The van der Waals surface area contributed by atoms with Crippen LogP contribution in [0.4, 0.5) is 0 Å². The van der Waals surface area contributed by atoms with Crippen molar-refractivity contribution >= 4 is 92.8 Å². The molecular weight excluding hydrogens is 304 g/mol. The summed E-state index contributed by atoms with van der Waals surface area (Å²) in [6.45, 7) is 2.47. The van der Waals surface area contributed by atoms with E-state index in [2.05, 4.69) is 12.2 Å². The van der Waals surface area contributed by atoms with Gasteiger partial charge in [0, 0.05) is 13.0 Å². The maximum absolute atomic E-state index is 11.3. The SMILES string of the molecule is CCCCCCCCCCCC(=O)NCCC(=O)O.[KH].[NaH]. The first-order chi connectivity index (χ1) is 9.16. The van der Waals surface area contributed by atoms with Gasteiger partial charge in [-0.15, -0.1) is 0 Å². The van der Waals surface area contributed by atoms with E-state index < -0.39 is 5.97 Å². The number of hydrogen-bond donors (Lipinski definition) is 2. The predicted octanol–water partition coefficient (Wildman–Crippen LogP) is 2.20. The van der Waals surface area contributed by atoms with Crippen molar-refractivity contribution in [3.05, 3.63) is 0 Å². The molecule has 0 aromatic rings. The molecule has 4 nitrogen and oxygen atoms in total. The third-order valence-corrected chi connectivity index (χ3v) is 3.17. The van der Waals surface area contributed by atoms with Gasteiger partial charge in [-0.1, -0.05) is 58.3 Å². The molecule has 0 aliphatic carbocycles. The van der Waals surface area contributed by atoms with Crippen LogP contribution in [0.25, 0.3) is 0 Å². The Morgan fingerprint density at radius 1 is 0.857 bits per heavy atom. The Morgan fingerprint density at radius 3 is 1.81 bits per heavy atom. The van der Waals surface area contributed by atoms with Crippen molar-refractivity contribution in [2.45, 2.75) is 77.6 Å². The predicted molar refractivity (Wildman–Crippen MR) is 91.4 cm³/mol. The van der Waals surface area contributed by atoms with Crippen molar-refractivity contribution in [1.29, 1.82) is 0 Å². The Labute approximate surface area is 194 Å². The normalized spacial score (nSPS) is 9.38. The molecule has 0 saturated heterocycles. The van der Waals surface area contributed by atoms with Crippen LogP contribution in [0.1, 0.15) is 77.6 Å². The summed E-state index contributed by atoms with van der Waals surface area (Å²) >= 11 is 0. The molecule has 21 heavy (non-hydrogen) atoms. The van der Waals surface area contributed by atoms with Crippen LogP contribution < -0.4 is 5.32 Å². The number of carboxylic acids is 1. The average molecular weight is 336 g/mol. The molecule has 0 spiro atoms. The third-order valence-electron chi connectivity index (χ3n) is 3.17. The van der Waals surface area contributed by atoms with E-state index in [1.165, 1.54) is 44.9 Å². The van der Waals surface area contributed by atoms with Crippen LogP contribution in [0.5, 0.6) is 0 Å². The van der Waals surface area contributed by atoms with E-state index >= 15 is 0 Å². The second-order valence-electron chi connectivity index (χ2n) is 5.07. The fourth-order valence-corrected chi connectivity index (χ4v) is 1.99. The van der Waals surface area contributed by atoms with E-state index in [1.54, 1.807) is 0 Å². The molecule has 2 N–H and O–H groups in total. The van der Waals surface area contributed by atoms with Crippen LogP contribution in [0.2, 0.25) is 0 Å². The van der Waals surface area contributed by atoms with E-state index in [0.717, 1.165) is 12.8 Å². The molecular formula is C15H31KNNaO3. The summed E-state index contributed by atoms with van der Waals surface area (Å²) in [6.07, 6.45) is 11.6. The molecule has 0 aromatic carbocycles. The zero-order valence-corrected chi connectivity index (χ0v) is 12.2. The van der Waals surface area contributed by atoms with E-state index in [0.29, 0.717) is 6.42 Å². The van der Waals surface area contributed by atoms with Crippen molar-refractivity contribution in [1.82, 2.24) is 5.32 Å². The number of rotatable bonds is 13. The Bertz CT molecular complexity index is 253. The molecule has 6 heteroatoms. The van der Waals surface area contributed by atoms with Crippen molar-refractivity contribution in [3.8, 4) is 0 Å². The number of amides is 1. The number of nitrogens with one attached hydrogen (secondary N) is 1. The molecule has 0 rings (SSSR count).